The summed E-state index contributed by atoms with van der Waals surface area (Å²) in [6.07, 6.45) is 4.80. The fourth-order valence-corrected chi connectivity index (χ4v) is 2.51. The molecule has 0 bridgehead atoms. The Kier molecular flexibility index (Phi) is 4.47. The third kappa shape index (κ3) is 3.15. The van der Waals surface area contributed by atoms with Gasteiger partial charge in [-0.15, -0.1) is 0 Å². The Hall–Kier alpha value is -2.65. The predicted molar refractivity (Wildman–Crippen MR) is 92.8 cm³/mol. The average molecular weight is 289 g/mol. The van der Waals surface area contributed by atoms with E-state index in [1.807, 2.05) is 42.7 Å². The minimum atomic E-state index is 0.710. The van der Waals surface area contributed by atoms with E-state index in [9.17, 15) is 0 Å². The molecule has 110 valence electrons. The second kappa shape index (κ2) is 6.87. The number of para-hydroxylation sites is 2. The normalized spacial score (nSPS) is 10.4. The molecule has 0 atom stereocenters. The number of H-pyrrole nitrogens is 1. The molecular formula is C19H19N3. The first-order chi connectivity index (χ1) is 10.9. The molecule has 0 aliphatic carbocycles. The molecule has 2 heterocycles. The Labute approximate surface area is 129 Å². The van der Waals surface area contributed by atoms with Crippen molar-refractivity contribution in [1.29, 1.82) is 0 Å². The lowest BCUT2D eigenvalue weighted by atomic mass is 10.1. The van der Waals surface area contributed by atoms with Crippen LogP contribution in [0.4, 0.5) is 0 Å². The van der Waals surface area contributed by atoms with E-state index in [0.29, 0.717) is 6.54 Å². The van der Waals surface area contributed by atoms with Crippen molar-refractivity contribution in [2.45, 2.75) is 6.42 Å². The van der Waals surface area contributed by atoms with Crippen LogP contribution in [0.3, 0.4) is 0 Å². The van der Waals surface area contributed by atoms with Crippen LogP contribution in [0.1, 0.15) is 5.56 Å². The Balaban J connectivity index is 0.000000133. The number of rotatable bonds is 2. The lowest BCUT2D eigenvalue weighted by Gasteiger charge is -1.93. The van der Waals surface area contributed by atoms with E-state index in [0.717, 1.165) is 11.9 Å². The summed E-state index contributed by atoms with van der Waals surface area (Å²) in [6, 6.07) is 20.4. The Morgan fingerprint density at radius 1 is 0.909 bits per heavy atom. The summed E-state index contributed by atoms with van der Waals surface area (Å²) in [4.78, 5) is 7.40. The largest absolute Gasteiger partial charge is 0.361 e. The number of nitrogens with two attached hydrogens (primary N) is 1. The third-order valence-electron chi connectivity index (χ3n) is 3.60. The van der Waals surface area contributed by atoms with Crippen molar-refractivity contribution in [3.8, 4) is 0 Å². The van der Waals surface area contributed by atoms with Crippen LogP contribution in [-0.4, -0.2) is 16.5 Å². The van der Waals surface area contributed by atoms with Gasteiger partial charge in [0.2, 0.25) is 0 Å². The number of aromatic nitrogens is 2. The second-order valence-corrected chi connectivity index (χ2v) is 5.09. The van der Waals surface area contributed by atoms with Crippen LogP contribution in [0, 0.1) is 0 Å². The van der Waals surface area contributed by atoms with Gasteiger partial charge in [0.05, 0.1) is 5.52 Å². The van der Waals surface area contributed by atoms with Crippen LogP contribution in [0.2, 0.25) is 0 Å². The number of aromatic amines is 1. The van der Waals surface area contributed by atoms with E-state index < -0.39 is 0 Å². The highest BCUT2D eigenvalue weighted by Gasteiger charge is 1.99. The van der Waals surface area contributed by atoms with E-state index in [2.05, 4.69) is 40.3 Å². The Bertz CT molecular complexity index is 799. The van der Waals surface area contributed by atoms with Crippen molar-refractivity contribution >= 4 is 21.8 Å². The van der Waals surface area contributed by atoms with Gasteiger partial charge in [0, 0.05) is 28.7 Å². The highest BCUT2D eigenvalue weighted by atomic mass is 14.7. The molecule has 0 radical (unpaired) electrons. The smallest absolute Gasteiger partial charge is 0.0701 e. The molecule has 3 nitrogen and oxygen atoms in total. The lowest BCUT2D eigenvalue weighted by Crippen LogP contribution is -2.01. The SMILES string of the molecule is NCCc1c[nH]c2ccccc12.c1ccc2ncccc2c1. The minimum Gasteiger partial charge on any atom is -0.361 e. The summed E-state index contributed by atoms with van der Waals surface area (Å²) in [5, 5.41) is 2.49. The number of nitrogens with one attached hydrogen (secondary N) is 1. The van der Waals surface area contributed by atoms with Crippen molar-refractivity contribution in [3.63, 3.8) is 0 Å². The zero-order valence-corrected chi connectivity index (χ0v) is 12.4. The first kappa shape index (κ1) is 14.3. The van der Waals surface area contributed by atoms with Crippen LogP contribution in [0.15, 0.2) is 73.1 Å². The summed E-state index contributed by atoms with van der Waals surface area (Å²) in [6.45, 7) is 0.710. The highest BCUT2D eigenvalue weighted by molar-refractivity contribution is 5.83. The molecule has 0 unspecified atom stereocenters. The fourth-order valence-electron chi connectivity index (χ4n) is 2.51. The molecule has 3 heteroatoms. The fraction of sp³-hybridized carbons (Fsp3) is 0.105. The van der Waals surface area contributed by atoms with Gasteiger partial charge in [-0.25, -0.2) is 0 Å². The lowest BCUT2D eigenvalue weighted by molar-refractivity contribution is 0.976. The van der Waals surface area contributed by atoms with Crippen molar-refractivity contribution in [2.24, 2.45) is 5.73 Å². The average Bonchev–Trinajstić information content (AvgIpc) is 2.99. The Morgan fingerprint density at radius 2 is 1.68 bits per heavy atom. The van der Waals surface area contributed by atoms with Gasteiger partial charge < -0.3 is 10.7 Å². The second-order valence-electron chi connectivity index (χ2n) is 5.09. The minimum absolute atomic E-state index is 0.710. The van der Waals surface area contributed by atoms with Gasteiger partial charge in [-0.05, 0) is 36.7 Å². The highest BCUT2D eigenvalue weighted by Crippen LogP contribution is 2.17. The van der Waals surface area contributed by atoms with Gasteiger partial charge in [-0.1, -0.05) is 42.5 Å². The molecule has 0 saturated carbocycles. The zero-order valence-electron chi connectivity index (χ0n) is 12.4. The van der Waals surface area contributed by atoms with Crippen molar-refractivity contribution < 1.29 is 0 Å². The molecule has 2 aromatic carbocycles. The summed E-state index contributed by atoms with van der Waals surface area (Å²) in [5.74, 6) is 0. The number of hydrogen-bond donors (Lipinski definition) is 2. The van der Waals surface area contributed by atoms with E-state index >= 15 is 0 Å². The number of pyridine rings is 1. The summed E-state index contributed by atoms with van der Waals surface area (Å²) in [7, 11) is 0. The van der Waals surface area contributed by atoms with E-state index in [1.54, 1.807) is 0 Å². The molecule has 22 heavy (non-hydrogen) atoms. The van der Waals surface area contributed by atoms with Crippen molar-refractivity contribution in [3.05, 3.63) is 78.6 Å². The van der Waals surface area contributed by atoms with E-state index in [1.165, 1.54) is 21.9 Å². The molecule has 4 aromatic rings. The number of hydrogen-bond acceptors (Lipinski definition) is 2. The number of nitrogens with zero attached hydrogens (tertiary/aromatic N) is 1. The van der Waals surface area contributed by atoms with Crippen LogP contribution in [0.25, 0.3) is 21.8 Å². The molecule has 4 rings (SSSR count). The van der Waals surface area contributed by atoms with Crippen molar-refractivity contribution in [2.75, 3.05) is 6.54 Å². The standard InChI is InChI=1S/C10H12N2.C9H7N/c11-6-5-8-7-12-10-4-2-1-3-9(8)10;1-2-6-9-8(4-1)5-3-7-10-9/h1-4,7,12H,5-6,11H2;1-7H. The van der Waals surface area contributed by atoms with Crippen LogP contribution >= 0.6 is 0 Å². The van der Waals surface area contributed by atoms with Gasteiger partial charge in [-0.2, -0.15) is 0 Å². The number of benzene rings is 2. The zero-order chi connectivity index (χ0) is 15.2. The maximum Gasteiger partial charge on any atom is 0.0701 e. The first-order valence-electron chi connectivity index (χ1n) is 7.43. The molecule has 3 N–H and O–H groups in total. The maximum absolute atomic E-state index is 5.50. The van der Waals surface area contributed by atoms with Gasteiger partial charge in [-0.3, -0.25) is 4.98 Å². The third-order valence-corrected chi connectivity index (χ3v) is 3.60. The maximum atomic E-state index is 5.50. The molecular weight excluding hydrogens is 270 g/mol. The van der Waals surface area contributed by atoms with Gasteiger partial charge in [0.1, 0.15) is 0 Å². The quantitative estimate of drug-likeness (QED) is 0.588. The monoisotopic (exact) mass is 289 g/mol. The van der Waals surface area contributed by atoms with E-state index in [4.69, 9.17) is 5.73 Å². The van der Waals surface area contributed by atoms with Crippen molar-refractivity contribution in [1.82, 2.24) is 9.97 Å². The van der Waals surface area contributed by atoms with Crippen LogP contribution in [0.5, 0.6) is 0 Å². The van der Waals surface area contributed by atoms with Crippen LogP contribution in [-0.2, 0) is 6.42 Å². The summed E-state index contributed by atoms with van der Waals surface area (Å²) < 4.78 is 0. The predicted octanol–water partition coefficient (Wildman–Crippen LogP) is 3.90. The molecule has 0 fully saturated rings. The summed E-state index contributed by atoms with van der Waals surface area (Å²) >= 11 is 0. The first-order valence-corrected chi connectivity index (χ1v) is 7.43. The summed E-state index contributed by atoms with van der Waals surface area (Å²) in [5.41, 5.74) is 9.07. The van der Waals surface area contributed by atoms with Gasteiger partial charge in [0.15, 0.2) is 0 Å². The Morgan fingerprint density at radius 3 is 2.55 bits per heavy atom. The van der Waals surface area contributed by atoms with Crippen LogP contribution < -0.4 is 5.73 Å². The van der Waals surface area contributed by atoms with Gasteiger partial charge in [0.25, 0.3) is 0 Å². The molecule has 0 saturated heterocycles. The topological polar surface area (TPSA) is 54.7 Å². The molecule has 0 amide bonds. The number of fused-ring (bicyclic) bond motifs is 2. The van der Waals surface area contributed by atoms with Gasteiger partial charge >= 0.3 is 0 Å². The molecule has 2 aromatic heterocycles. The van der Waals surface area contributed by atoms with E-state index in [-0.39, 0.29) is 0 Å². The molecule has 0 aliphatic rings. The molecule has 0 aliphatic heterocycles. The molecule has 0 spiro atoms.